The van der Waals surface area contributed by atoms with Gasteiger partial charge in [0.15, 0.2) is 5.84 Å². The van der Waals surface area contributed by atoms with E-state index in [0.717, 1.165) is 39.4 Å². The molecule has 0 bridgehead atoms. The van der Waals surface area contributed by atoms with Crippen LogP contribution in [0.1, 0.15) is 23.1 Å². The molecule has 2 aliphatic heterocycles. The first-order valence-electron chi connectivity index (χ1n) is 15.7. The van der Waals surface area contributed by atoms with Crippen LogP contribution in [0.2, 0.25) is 0 Å². The molecule has 0 aliphatic carbocycles. The first-order chi connectivity index (χ1) is 23.0. The number of nitrogens with zero attached hydrogens (tertiary/aromatic N) is 4. The summed E-state index contributed by atoms with van der Waals surface area (Å²) < 4.78 is 5.67. The lowest BCUT2D eigenvalue weighted by Gasteiger charge is -2.43. The first-order valence-corrected chi connectivity index (χ1v) is 16.1. The van der Waals surface area contributed by atoms with Crippen molar-refractivity contribution in [2.75, 3.05) is 21.9 Å². The molecular formula is C40H34N4O2S. The molecule has 0 N–H and O–H groups in total. The fraction of sp³-hybridized carbons (Fsp3) is 0.125. The molecule has 0 amide bonds. The number of benzene rings is 5. The Morgan fingerprint density at radius 2 is 1.23 bits per heavy atom. The minimum atomic E-state index is -1.38. The number of para-hydroxylation sites is 3. The topological polar surface area (TPSA) is 48.4 Å². The lowest BCUT2D eigenvalue weighted by molar-refractivity contribution is -0.136. The summed E-state index contributed by atoms with van der Waals surface area (Å²) in [5, 5.41) is 7.28. The molecule has 7 heteroatoms. The third-order valence-electron chi connectivity index (χ3n) is 8.67. The van der Waals surface area contributed by atoms with Crippen molar-refractivity contribution in [2.45, 2.75) is 25.4 Å². The number of amidine groups is 1. The van der Waals surface area contributed by atoms with Crippen LogP contribution in [0.3, 0.4) is 0 Å². The highest BCUT2D eigenvalue weighted by atomic mass is 32.1. The molecule has 0 saturated heterocycles. The highest BCUT2D eigenvalue weighted by Gasteiger charge is 2.65. The van der Waals surface area contributed by atoms with E-state index in [0.29, 0.717) is 29.2 Å². The summed E-state index contributed by atoms with van der Waals surface area (Å²) in [6.07, 6.45) is 1.23. The van der Waals surface area contributed by atoms with Crippen LogP contribution in [0.4, 0.5) is 17.1 Å². The summed E-state index contributed by atoms with van der Waals surface area (Å²) in [5.74, 6) is 0.206. The highest BCUT2D eigenvalue weighted by Crippen LogP contribution is 2.51. The van der Waals surface area contributed by atoms with Crippen LogP contribution in [0, 0.1) is 6.92 Å². The predicted octanol–water partition coefficient (Wildman–Crippen LogP) is 8.29. The normalized spacial score (nSPS) is 17.4. The Labute approximate surface area is 280 Å². The molecule has 47 heavy (non-hydrogen) atoms. The molecule has 7 rings (SSSR count). The number of carbonyl (C=O) groups excluding carboxylic acids is 1. The summed E-state index contributed by atoms with van der Waals surface area (Å²) in [6, 6.07) is 48.5. The quantitative estimate of drug-likeness (QED) is 0.127. The fourth-order valence-corrected chi connectivity index (χ4v) is 7.00. The third-order valence-corrected chi connectivity index (χ3v) is 9.13. The Morgan fingerprint density at radius 3 is 1.81 bits per heavy atom. The van der Waals surface area contributed by atoms with Gasteiger partial charge in [-0.25, -0.2) is 9.80 Å². The predicted molar refractivity (Wildman–Crippen MR) is 194 cm³/mol. The number of anilines is 3. The Bertz CT molecular complexity index is 1960. The van der Waals surface area contributed by atoms with Gasteiger partial charge in [-0.05, 0) is 61.7 Å². The number of carbonyl (C=O) groups is 1. The van der Waals surface area contributed by atoms with E-state index in [4.69, 9.17) is 22.1 Å². The zero-order valence-electron chi connectivity index (χ0n) is 26.3. The average molecular weight is 635 g/mol. The third kappa shape index (κ3) is 5.19. The lowest BCUT2D eigenvalue weighted by atomic mass is 9.94. The van der Waals surface area contributed by atoms with Gasteiger partial charge in [-0.2, -0.15) is 5.10 Å². The van der Waals surface area contributed by atoms with Crippen molar-refractivity contribution in [3.05, 3.63) is 174 Å². The number of esters is 1. The Morgan fingerprint density at radius 1 is 0.702 bits per heavy atom. The zero-order valence-corrected chi connectivity index (χ0v) is 27.1. The van der Waals surface area contributed by atoms with E-state index in [1.165, 1.54) is 7.11 Å². The van der Waals surface area contributed by atoms with E-state index >= 15 is 0 Å². The van der Waals surface area contributed by atoms with Gasteiger partial charge in [-0.3, -0.25) is 4.90 Å². The van der Waals surface area contributed by atoms with E-state index in [2.05, 4.69) is 53.1 Å². The van der Waals surface area contributed by atoms with Crippen molar-refractivity contribution in [1.82, 2.24) is 0 Å². The summed E-state index contributed by atoms with van der Waals surface area (Å²) in [7, 11) is 1.43. The number of aryl methyl sites for hydroxylation is 2. The van der Waals surface area contributed by atoms with Gasteiger partial charge >= 0.3 is 5.97 Å². The van der Waals surface area contributed by atoms with Crippen LogP contribution in [0.25, 0.3) is 0 Å². The van der Waals surface area contributed by atoms with Gasteiger partial charge in [0.05, 0.1) is 12.8 Å². The first kappa shape index (κ1) is 30.1. The summed E-state index contributed by atoms with van der Waals surface area (Å²) in [6.45, 7) is 2.06. The van der Waals surface area contributed by atoms with Crippen molar-refractivity contribution in [3.8, 4) is 0 Å². The Kier molecular flexibility index (Phi) is 8.14. The minimum Gasteiger partial charge on any atom is -0.465 e. The standard InChI is InChI=1S/C40H34N4O2S/c1-29-23-26-31(27-24-29)37-41-44(34-21-13-6-14-22-34)40(43(37)33-19-11-5-12-20-33)36(38(45)46-2)35(28-25-30-15-7-3-8-16-30)42(39(40)47)32-17-9-4-10-18-32/h3-24,26-27H,25,28H2,1-2H3. The van der Waals surface area contributed by atoms with Gasteiger partial charge in [0, 0.05) is 22.6 Å². The maximum Gasteiger partial charge on any atom is 0.340 e. The molecule has 0 fully saturated rings. The molecule has 1 unspecified atom stereocenters. The number of hydrogen-bond acceptors (Lipinski definition) is 6. The fourth-order valence-electron chi connectivity index (χ4n) is 6.51. The van der Waals surface area contributed by atoms with Crippen LogP contribution in [-0.4, -0.2) is 29.6 Å². The van der Waals surface area contributed by atoms with Gasteiger partial charge in [0.2, 0.25) is 5.66 Å². The summed E-state index contributed by atoms with van der Waals surface area (Å²) in [5.41, 5.74) is 5.51. The van der Waals surface area contributed by atoms with Gasteiger partial charge in [-0.15, -0.1) is 0 Å². The number of thiocarbonyl (C=S) groups is 1. The number of methoxy groups -OCH3 is 1. The molecule has 0 aromatic heterocycles. The van der Waals surface area contributed by atoms with Crippen molar-refractivity contribution in [1.29, 1.82) is 0 Å². The Hall–Kier alpha value is -5.53. The molecule has 232 valence electrons. The second-order valence-electron chi connectivity index (χ2n) is 11.6. The van der Waals surface area contributed by atoms with Crippen LogP contribution in [0.15, 0.2) is 162 Å². The van der Waals surface area contributed by atoms with Gasteiger partial charge in [0.25, 0.3) is 0 Å². The number of hydrazone groups is 1. The number of ether oxygens (including phenoxy) is 1. The SMILES string of the molecule is COC(=O)C1=C(CCc2ccccc2)N(c2ccccc2)C(=S)C12N(c1ccccc1)N=C(c1ccc(C)cc1)N2c1ccccc1. The van der Waals surface area contributed by atoms with Crippen LogP contribution in [0.5, 0.6) is 0 Å². The molecule has 5 aromatic carbocycles. The van der Waals surface area contributed by atoms with Crippen molar-refractivity contribution in [2.24, 2.45) is 5.10 Å². The van der Waals surface area contributed by atoms with E-state index in [9.17, 15) is 4.79 Å². The van der Waals surface area contributed by atoms with E-state index in [1.54, 1.807) is 0 Å². The molecular weight excluding hydrogens is 601 g/mol. The van der Waals surface area contributed by atoms with Crippen LogP contribution < -0.4 is 14.8 Å². The van der Waals surface area contributed by atoms with E-state index in [1.807, 2.05) is 114 Å². The second kappa shape index (κ2) is 12.7. The molecule has 5 aromatic rings. The van der Waals surface area contributed by atoms with E-state index < -0.39 is 11.6 Å². The number of allylic oxidation sites excluding steroid dienone is 1. The lowest BCUT2D eigenvalue weighted by Crippen LogP contribution is -2.64. The van der Waals surface area contributed by atoms with Crippen molar-refractivity contribution in [3.63, 3.8) is 0 Å². The monoisotopic (exact) mass is 634 g/mol. The summed E-state index contributed by atoms with van der Waals surface area (Å²) in [4.78, 5) is 19.2. The van der Waals surface area contributed by atoms with Gasteiger partial charge in [0.1, 0.15) is 10.6 Å². The Balaban J connectivity index is 1.56. The average Bonchev–Trinajstić information content (AvgIpc) is 3.61. The minimum absolute atomic E-state index is 0.434. The number of rotatable bonds is 8. The number of hydrogen-bond donors (Lipinski definition) is 0. The van der Waals surface area contributed by atoms with E-state index in [-0.39, 0.29) is 0 Å². The summed E-state index contributed by atoms with van der Waals surface area (Å²) >= 11 is 6.64. The molecule has 1 atom stereocenters. The second-order valence-corrected chi connectivity index (χ2v) is 11.9. The molecule has 2 heterocycles. The van der Waals surface area contributed by atoms with Crippen molar-refractivity contribution >= 4 is 46.1 Å². The van der Waals surface area contributed by atoms with Gasteiger partial charge < -0.3 is 9.64 Å². The molecule has 2 aliphatic rings. The smallest absolute Gasteiger partial charge is 0.340 e. The van der Waals surface area contributed by atoms with Crippen LogP contribution >= 0.6 is 12.2 Å². The molecule has 0 radical (unpaired) electrons. The molecule has 6 nitrogen and oxygen atoms in total. The van der Waals surface area contributed by atoms with Crippen molar-refractivity contribution < 1.29 is 9.53 Å². The molecule has 1 spiro atoms. The zero-order chi connectivity index (χ0) is 32.4. The maximum absolute atomic E-state index is 14.5. The largest absolute Gasteiger partial charge is 0.465 e. The van der Waals surface area contributed by atoms with Crippen LogP contribution in [-0.2, 0) is 16.0 Å². The molecule has 0 saturated carbocycles. The van der Waals surface area contributed by atoms with Gasteiger partial charge in [-0.1, -0.05) is 127 Å². The highest BCUT2D eigenvalue weighted by molar-refractivity contribution is 7.81. The maximum atomic E-state index is 14.5.